The van der Waals surface area contributed by atoms with Crippen LogP contribution in [0, 0.1) is 0 Å². The minimum atomic E-state index is -0.201. The van der Waals surface area contributed by atoms with E-state index in [0.717, 1.165) is 45.6 Å². The Bertz CT molecular complexity index is 199. The van der Waals surface area contributed by atoms with E-state index in [1.807, 2.05) is 6.92 Å². The minimum Gasteiger partial charge on any atom is -0.393 e. The molecule has 0 aromatic rings. The highest BCUT2D eigenvalue weighted by Gasteiger charge is 2.17. The van der Waals surface area contributed by atoms with Crippen LogP contribution in [0.3, 0.4) is 0 Å². The van der Waals surface area contributed by atoms with E-state index < -0.39 is 0 Å². The molecule has 1 aliphatic heterocycles. The fourth-order valence-corrected chi connectivity index (χ4v) is 1.54. The Labute approximate surface area is 90.8 Å². The van der Waals surface area contributed by atoms with Crippen LogP contribution in [0.5, 0.6) is 0 Å². The molecule has 0 saturated carbocycles. The third-order valence-electron chi connectivity index (χ3n) is 2.63. The van der Waals surface area contributed by atoms with Gasteiger partial charge < -0.3 is 20.6 Å². The van der Waals surface area contributed by atoms with Crippen molar-refractivity contribution in [2.24, 2.45) is 0 Å². The summed E-state index contributed by atoms with van der Waals surface area (Å²) in [5, 5.41) is 15.3. The largest absolute Gasteiger partial charge is 0.393 e. The summed E-state index contributed by atoms with van der Waals surface area (Å²) >= 11 is 0. The van der Waals surface area contributed by atoms with Gasteiger partial charge in [0.2, 0.25) is 0 Å². The molecule has 0 bridgehead atoms. The maximum atomic E-state index is 11.1. The van der Waals surface area contributed by atoms with Crippen LogP contribution in [0.1, 0.15) is 19.8 Å². The topological polar surface area (TPSA) is 64.6 Å². The van der Waals surface area contributed by atoms with Crippen molar-refractivity contribution >= 4 is 6.03 Å². The van der Waals surface area contributed by atoms with Crippen LogP contribution in [-0.4, -0.2) is 54.9 Å². The number of carbonyl (C=O) groups is 1. The van der Waals surface area contributed by atoms with Gasteiger partial charge in [0.25, 0.3) is 0 Å². The maximum Gasteiger partial charge on any atom is 0.317 e. The summed E-state index contributed by atoms with van der Waals surface area (Å²) in [6.07, 6.45) is 1.38. The Morgan fingerprint density at radius 3 is 3.00 bits per heavy atom. The molecule has 1 fully saturated rings. The van der Waals surface area contributed by atoms with E-state index in [1.54, 1.807) is 4.90 Å². The molecule has 5 nitrogen and oxygen atoms in total. The first kappa shape index (κ1) is 12.3. The quantitative estimate of drug-likeness (QED) is 0.514. The molecule has 1 saturated heterocycles. The summed E-state index contributed by atoms with van der Waals surface area (Å²) in [5.41, 5.74) is 0. The van der Waals surface area contributed by atoms with Crippen molar-refractivity contribution in [1.29, 1.82) is 0 Å². The lowest BCUT2D eigenvalue weighted by atomic mass is 10.2. The van der Waals surface area contributed by atoms with Gasteiger partial charge in [-0.05, 0) is 19.4 Å². The smallest absolute Gasteiger partial charge is 0.317 e. The van der Waals surface area contributed by atoms with Crippen LogP contribution in [-0.2, 0) is 0 Å². The Morgan fingerprint density at radius 2 is 2.40 bits per heavy atom. The summed E-state index contributed by atoms with van der Waals surface area (Å²) in [6, 6.07) is 0.0328. The van der Waals surface area contributed by atoms with Gasteiger partial charge in [-0.1, -0.05) is 6.92 Å². The number of aliphatic hydroxyl groups is 1. The molecule has 3 N–H and O–H groups in total. The number of hydrogen-bond acceptors (Lipinski definition) is 3. The maximum absolute atomic E-state index is 11.1. The van der Waals surface area contributed by atoms with E-state index >= 15 is 0 Å². The van der Waals surface area contributed by atoms with Crippen molar-refractivity contribution in [2.75, 3.05) is 32.7 Å². The second-order valence-electron chi connectivity index (χ2n) is 3.82. The Hall–Kier alpha value is -0.810. The third-order valence-corrected chi connectivity index (χ3v) is 2.63. The lowest BCUT2D eigenvalue weighted by molar-refractivity contribution is 0.159. The lowest BCUT2D eigenvalue weighted by Crippen LogP contribution is -2.35. The Morgan fingerprint density at radius 1 is 1.60 bits per heavy atom. The molecule has 1 atom stereocenters. The van der Waals surface area contributed by atoms with E-state index in [0.29, 0.717) is 0 Å². The SMILES string of the molecule is CCC(O)CCNCCN1CCNC1=O. The van der Waals surface area contributed by atoms with Crippen LogP contribution < -0.4 is 10.6 Å². The number of rotatable bonds is 7. The zero-order valence-corrected chi connectivity index (χ0v) is 9.33. The van der Waals surface area contributed by atoms with Crippen molar-refractivity contribution in [1.82, 2.24) is 15.5 Å². The Balaban J connectivity index is 1.95. The molecule has 0 radical (unpaired) electrons. The summed E-state index contributed by atoms with van der Waals surface area (Å²) < 4.78 is 0. The van der Waals surface area contributed by atoms with Gasteiger partial charge in [-0.3, -0.25) is 0 Å². The zero-order valence-electron chi connectivity index (χ0n) is 9.33. The number of hydrogen-bond donors (Lipinski definition) is 3. The molecule has 1 aliphatic rings. The number of aliphatic hydroxyl groups excluding tert-OH is 1. The van der Waals surface area contributed by atoms with Gasteiger partial charge in [0.15, 0.2) is 0 Å². The van der Waals surface area contributed by atoms with Gasteiger partial charge in [0.1, 0.15) is 0 Å². The Kier molecular flexibility index (Phi) is 5.42. The van der Waals surface area contributed by atoms with E-state index in [2.05, 4.69) is 10.6 Å². The minimum absolute atomic E-state index is 0.0328. The fraction of sp³-hybridized carbons (Fsp3) is 0.900. The first-order valence-electron chi connectivity index (χ1n) is 5.65. The molecule has 0 spiro atoms. The van der Waals surface area contributed by atoms with Crippen LogP contribution in [0.25, 0.3) is 0 Å². The molecule has 5 heteroatoms. The van der Waals surface area contributed by atoms with Crippen LogP contribution >= 0.6 is 0 Å². The highest BCUT2D eigenvalue weighted by molar-refractivity contribution is 5.76. The molecule has 0 aliphatic carbocycles. The lowest BCUT2D eigenvalue weighted by Gasteiger charge is -2.14. The molecule has 88 valence electrons. The van der Waals surface area contributed by atoms with Gasteiger partial charge in [0, 0.05) is 26.2 Å². The highest BCUT2D eigenvalue weighted by atomic mass is 16.3. The standard InChI is InChI=1S/C10H21N3O2/c1-2-9(14)3-4-11-5-7-13-8-6-12-10(13)15/h9,11,14H,2-8H2,1H3,(H,12,15). The number of urea groups is 1. The van der Waals surface area contributed by atoms with Gasteiger partial charge in [-0.15, -0.1) is 0 Å². The number of nitrogens with zero attached hydrogens (tertiary/aromatic N) is 1. The monoisotopic (exact) mass is 215 g/mol. The molecule has 1 heterocycles. The summed E-state index contributed by atoms with van der Waals surface area (Å²) in [5.74, 6) is 0. The van der Waals surface area contributed by atoms with Crippen molar-refractivity contribution in [3.8, 4) is 0 Å². The average molecular weight is 215 g/mol. The van der Waals surface area contributed by atoms with Crippen molar-refractivity contribution in [3.05, 3.63) is 0 Å². The predicted molar refractivity (Wildman–Crippen MR) is 58.8 cm³/mol. The van der Waals surface area contributed by atoms with Crippen molar-refractivity contribution in [3.63, 3.8) is 0 Å². The number of amides is 2. The summed E-state index contributed by atoms with van der Waals surface area (Å²) in [6.45, 7) is 5.88. The normalized spacial score (nSPS) is 18.0. The van der Waals surface area contributed by atoms with Gasteiger partial charge in [0.05, 0.1) is 6.10 Å². The molecular formula is C10H21N3O2. The summed E-state index contributed by atoms with van der Waals surface area (Å²) in [4.78, 5) is 12.9. The number of nitrogens with one attached hydrogen (secondary N) is 2. The second kappa shape index (κ2) is 6.63. The third kappa shape index (κ3) is 4.48. The van der Waals surface area contributed by atoms with Gasteiger partial charge in [-0.2, -0.15) is 0 Å². The molecule has 15 heavy (non-hydrogen) atoms. The van der Waals surface area contributed by atoms with E-state index in [9.17, 15) is 9.90 Å². The average Bonchev–Trinajstić information content (AvgIpc) is 2.63. The molecule has 2 amide bonds. The van der Waals surface area contributed by atoms with E-state index in [1.165, 1.54) is 0 Å². The van der Waals surface area contributed by atoms with Gasteiger partial charge >= 0.3 is 6.03 Å². The zero-order chi connectivity index (χ0) is 11.1. The molecule has 0 aromatic carbocycles. The highest BCUT2D eigenvalue weighted by Crippen LogP contribution is 1.96. The predicted octanol–water partition coefficient (Wildman–Crippen LogP) is -0.238. The van der Waals surface area contributed by atoms with Crippen LogP contribution in [0.4, 0.5) is 4.79 Å². The first-order chi connectivity index (χ1) is 7.24. The second-order valence-corrected chi connectivity index (χ2v) is 3.82. The fourth-order valence-electron chi connectivity index (χ4n) is 1.54. The molecule has 1 unspecified atom stereocenters. The summed E-state index contributed by atoms with van der Waals surface area (Å²) in [7, 11) is 0. The van der Waals surface area contributed by atoms with Gasteiger partial charge in [-0.25, -0.2) is 4.79 Å². The number of carbonyl (C=O) groups excluding carboxylic acids is 1. The van der Waals surface area contributed by atoms with Crippen LogP contribution in [0.15, 0.2) is 0 Å². The van der Waals surface area contributed by atoms with Crippen molar-refractivity contribution in [2.45, 2.75) is 25.9 Å². The van der Waals surface area contributed by atoms with Crippen molar-refractivity contribution < 1.29 is 9.90 Å². The van der Waals surface area contributed by atoms with E-state index in [-0.39, 0.29) is 12.1 Å². The molecular weight excluding hydrogens is 194 g/mol. The molecule has 1 rings (SSSR count). The van der Waals surface area contributed by atoms with Crippen LogP contribution in [0.2, 0.25) is 0 Å². The first-order valence-corrected chi connectivity index (χ1v) is 5.65. The molecule has 0 aromatic heterocycles. The van der Waals surface area contributed by atoms with E-state index in [4.69, 9.17) is 0 Å².